The number of nitrogens with one attached hydrogen (secondary N) is 2. The topological polar surface area (TPSA) is 70.4 Å². The van der Waals surface area contributed by atoms with Gasteiger partial charge in [-0.1, -0.05) is 12.1 Å². The van der Waals surface area contributed by atoms with Gasteiger partial charge in [-0.05, 0) is 51.7 Å². The van der Waals surface area contributed by atoms with Crippen LogP contribution in [0.4, 0.5) is 17.5 Å². The van der Waals surface area contributed by atoms with Gasteiger partial charge in [0.25, 0.3) is 0 Å². The largest absolute Gasteiger partial charge is 0.367 e. The van der Waals surface area contributed by atoms with Crippen LogP contribution in [0.2, 0.25) is 0 Å². The molecule has 2 heterocycles. The molecule has 0 saturated heterocycles. The van der Waals surface area contributed by atoms with E-state index >= 15 is 0 Å². The van der Waals surface area contributed by atoms with Crippen molar-refractivity contribution in [1.82, 2.24) is 24.5 Å². The van der Waals surface area contributed by atoms with Gasteiger partial charge in [0.15, 0.2) is 11.5 Å². The van der Waals surface area contributed by atoms with Crippen LogP contribution in [0.5, 0.6) is 0 Å². The van der Waals surface area contributed by atoms with Crippen molar-refractivity contribution in [2.45, 2.75) is 13.3 Å². The van der Waals surface area contributed by atoms with Crippen LogP contribution in [-0.2, 0) is 0 Å². The Hall–Kier alpha value is -2.67. The first kappa shape index (κ1) is 16.2. The van der Waals surface area contributed by atoms with E-state index < -0.39 is 0 Å². The molecule has 0 saturated carbocycles. The molecule has 7 nitrogen and oxygen atoms in total. The molecular weight excluding hydrogens is 302 g/mol. The number of aryl methyl sites for hydroxylation is 1. The van der Waals surface area contributed by atoms with Crippen molar-refractivity contribution in [3.63, 3.8) is 0 Å². The summed E-state index contributed by atoms with van der Waals surface area (Å²) in [6.45, 7) is 3.93. The third kappa shape index (κ3) is 3.99. The van der Waals surface area contributed by atoms with Crippen molar-refractivity contribution in [3.05, 3.63) is 42.2 Å². The summed E-state index contributed by atoms with van der Waals surface area (Å²) in [5.41, 5.74) is 2.88. The molecule has 126 valence electrons. The minimum Gasteiger partial charge on any atom is -0.367 e. The molecule has 0 aliphatic heterocycles. The lowest BCUT2D eigenvalue weighted by molar-refractivity contribution is 0.405. The second-order valence-electron chi connectivity index (χ2n) is 6.06. The minimum atomic E-state index is 0.560. The lowest BCUT2D eigenvalue weighted by Crippen LogP contribution is -2.16. The molecule has 0 amide bonds. The van der Waals surface area contributed by atoms with E-state index in [-0.39, 0.29) is 0 Å². The van der Waals surface area contributed by atoms with E-state index in [2.05, 4.69) is 63.8 Å². The Morgan fingerprint density at radius 1 is 1.25 bits per heavy atom. The molecule has 0 aliphatic rings. The van der Waals surface area contributed by atoms with Crippen molar-refractivity contribution in [3.8, 4) is 0 Å². The second kappa shape index (κ2) is 7.27. The van der Waals surface area contributed by atoms with Gasteiger partial charge < -0.3 is 15.5 Å². The summed E-state index contributed by atoms with van der Waals surface area (Å²) < 4.78 is 1.74. The molecule has 24 heavy (non-hydrogen) atoms. The molecular formula is C17H23N7. The quantitative estimate of drug-likeness (QED) is 0.651. The Kier molecular flexibility index (Phi) is 4.90. The maximum atomic E-state index is 4.56. The second-order valence-corrected chi connectivity index (χ2v) is 6.06. The zero-order valence-corrected chi connectivity index (χ0v) is 14.3. The van der Waals surface area contributed by atoms with Crippen LogP contribution in [0.3, 0.4) is 0 Å². The van der Waals surface area contributed by atoms with Crippen molar-refractivity contribution in [1.29, 1.82) is 0 Å². The van der Waals surface area contributed by atoms with Gasteiger partial charge in [0, 0.05) is 24.6 Å². The van der Waals surface area contributed by atoms with Gasteiger partial charge in [-0.25, -0.2) is 9.50 Å². The Morgan fingerprint density at radius 2 is 2.12 bits per heavy atom. The van der Waals surface area contributed by atoms with Crippen LogP contribution in [0.15, 0.2) is 36.7 Å². The van der Waals surface area contributed by atoms with E-state index in [1.165, 1.54) is 5.56 Å². The van der Waals surface area contributed by atoms with Crippen LogP contribution >= 0.6 is 0 Å². The average molecular weight is 325 g/mol. The highest BCUT2D eigenvalue weighted by Gasteiger charge is 2.09. The standard InChI is InChI=1S/C17H23N7/c1-13-6-4-7-14(12-13)20-17-21-16-15(18-8-5-10-23(2)3)19-9-11-24(16)22-17/h4,6-7,9,11-12H,5,8,10H2,1-3H3,(H,18,19)(H,20,22). The predicted octanol–water partition coefficient (Wildman–Crippen LogP) is 2.54. The Labute approximate surface area is 141 Å². The van der Waals surface area contributed by atoms with Crippen LogP contribution in [0.25, 0.3) is 5.65 Å². The third-order valence-corrected chi connectivity index (χ3v) is 3.60. The van der Waals surface area contributed by atoms with Crippen molar-refractivity contribution in [2.24, 2.45) is 0 Å². The van der Waals surface area contributed by atoms with Gasteiger partial charge in [-0.3, -0.25) is 0 Å². The fraction of sp³-hybridized carbons (Fsp3) is 0.353. The average Bonchev–Trinajstić information content (AvgIpc) is 2.94. The lowest BCUT2D eigenvalue weighted by atomic mass is 10.2. The van der Waals surface area contributed by atoms with E-state index in [9.17, 15) is 0 Å². The number of nitrogens with zero attached hydrogens (tertiary/aromatic N) is 5. The monoisotopic (exact) mass is 325 g/mol. The first-order valence-corrected chi connectivity index (χ1v) is 8.05. The van der Waals surface area contributed by atoms with E-state index in [0.717, 1.165) is 36.7 Å². The molecule has 2 N–H and O–H groups in total. The third-order valence-electron chi connectivity index (χ3n) is 3.60. The number of aromatic nitrogens is 4. The SMILES string of the molecule is Cc1cccc(Nc2nc3c(NCCCN(C)C)nccn3n2)c1. The first-order chi connectivity index (χ1) is 11.6. The predicted molar refractivity (Wildman–Crippen MR) is 96.9 cm³/mol. The molecule has 0 unspecified atom stereocenters. The fourth-order valence-corrected chi connectivity index (χ4v) is 2.45. The number of benzene rings is 1. The van der Waals surface area contributed by atoms with E-state index in [0.29, 0.717) is 5.95 Å². The summed E-state index contributed by atoms with van der Waals surface area (Å²) in [4.78, 5) is 11.1. The van der Waals surface area contributed by atoms with Gasteiger partial charge in [0.1, 0.15) is 0 Å². The van der Waals surface area contributed by atoms with Gasteiger partial charge >= 0.3 is 0 Å². The molecule has 0 bridgehead atoms. The van der Waals surface area contributed by atoms with Crippen molar-refractivity contribution >= 4 is 23.1 Å². The molecule has 1 aromatic carbocycles. The molecule has 0 aliphatic carbocycles. The number of anilines is 3. The van der Waals surface area contributed by atoms with E-state index in [4.69, 9.17) is 0 Å². The van der Waals surface area contributed by atoms with E-state index in [1.54, 1.807) is 16.9 Å². The molecule has 2 aromatic heterocycles. The summed E-state index contributed by atoms with van der Waals surface area (Å²) in [6, 6.07) is 8.12. The molecule has 3 aromatic rings. The van der Waals surface area contributed by atoms with Crippen molar-refractivity contribution < 1.29 is 0 Å². The summed E-state index contributed by atoms with van der Waals surface area (Å²) in [6.07, 6.45) is 4.57. The summed E-state index contributed by atoms with van der Waals surface area (Å²) in [5, 5.41) is 11.0. The van der Waals surface area contributed by atoms with E-state index in [1.807, 2.05) is 12.1 Å². The molecule has 7 heteroatoms. The van der Waals surface area contributed by atoms with Crippen molar-refractivity contribution in [2.75, 3.05) is 37.8 Å². The molecule has 0 atom stereocenters. The zero-order valence-electron chi connectivity index (χ0n) is 14.3. The normalized spacial score (nSPS) is 11.2. The van der Waals surface area contributed by atoms with Crippen LogP contribution in [0.1, 0.15) is 12.0 Å². The Morgan fingerprint density at radius 3 is 2.92 bits per heavy atom. The van der Waals surface area contributed by atoms with Gasteiger partial charge in [0.2, 0.25) is 5.95 Å². The lowest BCUT2D eigenvalue weighted by Gasteiger charge is -2.10. The van der Waals surface area contributed by atoms with Gasteiger partial charge in [-0.2, -0.15) is 4.98 Å². The summed E-state index contributed by atoms with van der Waals surface area (Å²) >= 11 is 0. The molecule has 3 rings (SSSR count). The summed E-state index contributed by atoms with van der Waals surface area (Å²) in [5.74, 6) is 1.31. The Balaban J connectivity index is 1.74. The smallest absolute Gasteiger partial charge is 0.247 e. The number of hydrogen-bond donors (Lipinski definition) is 2. The molecule has 0 fully saturated rings. The van der Waals surface area contributed by atoms with Crippen LogP contribution in [0, 0.1) is 6.92 Å². The number of rotatable bonds is 7. The summed E-state index contributed by atoms with van der Waals surface area (Å²) in [7, 11) is 4.14. The minimum absolute atomic E-state index is 0.560. The fourth-order valence-electron chi connectivity index (χ4n) is 2.45. The zero-order chi connectivity index (χ0) is 16.9. The Bertz CT molecular complexity index is 810. The van der Waals surface area contributed by atoms with Crippen LogP contribution < -0.4 is 10.6 Å². The van der Waals surface area contributed by atoms with Gasteiger partial charge in [0.05, 0.1) is 0 Å². The highest BCUT2D eigenvalue weighted by atomic mass is 15.4. The maximum absolute atomic E-state index is 4.56. The maximum Gasteiger partial charge on any atom is 0.247 e. The number of fused-ring (bicyclic) bond motifs is 1. The van der Waals surface area contributed by atoms with Crippen LogP contribution in [-0.4, -0.2) is 51.7 Å². The highest BCUT2D eigenvalue weighted by Crippen LogP contribution is 2.18. The molecule has 0 radical (unpaired) electrons. The van der Waals surface area contributed by atoms with Gasteiger partial charge in [-0.15, -0.1) is 5.10 Å². The first-order valence-electron chi connectivity index (χ1n) is 8.05. The highest BCUT2D eigenvalue weighted by molar-refractivity contribution is 5.65. The molecule has 0 spiro atoms. The number of hydrogen-bond acceptors (Lipinski definition) is 6.